The lowest BCUT2D eigenvalue weighted by atomic mass is 10.0. The van der Waals surface area contributed by atoms with Crippen LogP contribution in [0, 0.1) is 0 Å². The number of nitrogens with zero attached hydrogens (tertiary/aromatic N) is 1. The third kappa shape index (κ3) is 3.96. The van der Waals surface area contributed by atoms with Gasteiger partial charge in [0.1, 0.15) is 0 Å². The third-order valence-electron chi connectivity index (χ3n) is 2.09. The molecule has 0 aromatic carbocycles. The van der Waals surface area contributed by atoms with Gasteiger partial charge in [-0.2, -0.15) is 0 Å². The van der Waals surface area contributed by atoms with Crippen LogP contribution in [0.4, 0.5) is 0 Å². The van der Waals surface area contributed by atoms with Gasteiger partial charge < -0.3 is 10.0 Å². The smallest absolute Gasteiger partial charge is 0.225 e. The van der Waals surface area contributed by atoms with Crippen LogP contribution in [0.1, 0.15) is 26.7 Å². The van der Waals surface area contributed by atoms with Crippen molar-refractivity contribution in [1.29, 1.82) is 0 Å². The Kier molecular flexibility index (Phi) is 3.94. The number of aliphatic hydroxyl groups is 1. The summed E-state index contributed by atoms with van der Waals surface area (Å²) in [5, 5.41) is 9.51. The van der Waals surface area contributed by atoms with E-state index >= 15 is 0 Å². The van der Waals surface area contributed by atoms with Crippen molar-refractivity contribution in [3.63, 3.8) is 0 Å². The van der Waals surface area contributed by atoms with Gasteiger partial charge in [0.2, 0.25) is 5.91 Å². The van der Waals surface area contributed by atoms with Crippen molar-refractivity contribution >= 4 is 28.5 Å². The molecule has 1 amide bonds. The van der Waals surface area contributed by atoms with Crippen molar-refractivity contribution in [2.75, 3.05) is 13.1 Å². The Morgan fingerprint density at radius 3 is 2.79 bits per heavy atom. The molecule has 0 spiro atoms. The molecule has 0 bridgehead atoms. The fraction of sp³-hybridized carbons (Fsp3) is 0.700. The van der Waals surface area contributed by atoms with Gasteiger partial charge in [-0.25, -0.2) is 0 Å². The number of rotatable bonds is 2. The van der Waals surface area contributed by atoms with Crippen molar-refractivity contribution in [3.05, 3.63) is 9.66 Å². The molecule has 3 nitrogen and oxygen atoms in total. The van der Waals surface area contributed by atoms with Crippen LogP contribution in [-0.4, -0.2) is 34.6 Å². The van der Waals surface area contributed by atoms with Crippen molar-refractivity contribution < 1.29 is 9.90 Å². The Hall–Kier alpha value is -0.100. The molecule has 14 heavy (non-hydrogen) atoms. The Bertz CT molecular complexity index is 255. The first-order valence-electron chi connectivity index (χ1n) is 4.73. The average Bonchev–Trinajstić information content (AvgIpc) is 2.02. The summed E-state index contributed by atoms with van der Waals surface area (Å²) in [6.45, 7) is 4.79. The molecule has 1 heterocycles. The highest BCUT2D eigenvalue weighted by Gasteiger charge is 2.23. The molecular weight excluding hydrogens is 293 g/mol. The molecule has 0 aliphatic carbocycles. The number of halogens is 1. The molecule has 1 aliphatic heterocycles. The molecule has 0 atom stereocenters. The van der Waals surface area contributed by atoms with Crippen LogP contribution in [0.2, 0.25) is 0 Å². The fourth-order valence-electron chi connectivity index (χ4n) is 1.35. The van der Waals surface area contributed by atoms with Crippen LogP contribution in [0.5, 0.6) is 0 Å². The zero-order chi connectivity index (χ0) is 10.8. The van der Waals surface area contributed by atoms with Crippen LogP contribution >= 0.6 is 22.6 Å². The van der Waals surface area contributed by atoms with E-state index in [1.54, 1.807) is 18.7 Å². The van der Waals surface area contributed by atoms with Gasteiger partial charge in [-0.05, 0) is 46.4 Å². The summed E-state index contributed by atoms with van der Waals surface area (Å²) >= 11 is 2.29. The Morgan fingerprint density at radius 2 is 2.36 bits per heavy atom. The normalized spacial score (nSPS) is 18.0. The summed E-state index contributed by atoms with van der Waals surface area (Å²) in [4.78, 5) is 13.4. The second-order valence-electron chi connectivity index (χ2n) is 4.23. The Labute approximate surface area is 98.3 Å². The predicted octanol–water partition coefficient (Wildman–Crippen LogP) is 1.70. The second kappa shape index (κ2) is 4.61. The van der Waals surface area contributed by atoms with Crippen molar-refractivity contribution in [2.45, 2.75) is 32.3 Å². The van der Waals surface area contributed by atoms with E-state index in [0.29, 0.717) is 6.54 Å². The lowest BCUT2D eigenvalue weighted by Gasteiger charge is -2.27. The molecule has 1 rings (SSSR count). The lowest BCUT2D eigenvalue weighted by molar-refractivity contribution is -0.134. The highest BCUT2D eigenvalue weighted by Crippen LogP contribution is 2.18. The standard InChI is InChI=1S/C10H16INO2/c1-10(2,14)7-9(13)12-5-3-8(11)4-6-12/h3,14H,4-7H2,1-2H3. The maximum Gasteiger partial charge on any atom is 0.225 e. The van der Waals surface area contributed by atoms with Crippen molar-refractivity contribution in [1.82, 2.24) is 4.90 Å². The first-order chi connectivity index (χ1) is 6.38. The van der Waals surface area contributed by atoms with E-state index in [0.717, 1.165) is 13.0 Å². The van der Waals surface area contributed by atoms with E-state index in [-0.39, 0.29) is 12.3 Å². The van der Waals surface area contributed by atoms with Gasteiger partial charge in [0.05, 0.1) is 12.0 Å². The number of amides is 1. The zero-order valence-corrected chi connectivity index (χ0v) is 10.7. The summed E-state index contributed by atoms with van der Waals surface area (Å²) in [5.74, 6) is 0.0395. The van der Waals surface area contributed by atoms with Gasteiger partial charge in [0.15, 0.2) is 0 Å². The molecule has 0 aromatic rings. The van der Waals surface area contributed by atoms with Gasteiger partial charge in [-0.15, -0.1) is 0 Å². The summed E-state index contributed by atoms with van der Waals surface area (Å²) in [6.07, 6.45) is 3.21. The highest BCUT2D eigenvalue weighted by atomic mass is 127. The summed E-state index contributed by atoms with van der Waals surface area (Å²) in [5.41, 5.74) is -0.897. The number of hydrogen-bond donors (Lipinski definition) is 1. The molecule has 0 radical (unpaired) electrons. The van der Waals surface area contributed by atoms with Gasteiger partial charge in [0.25, 0.3) is 0 Å². The fourth-order valence-corrected chi connectivity index (χ4v) is 1.79. The van der Waals surface area contributed by atoms with Gasteiger partial charge in [-0.1, -0.05) is 6.08 Å². The molecule has 1 N–H and O–H groups in total. The van der Waals surface area contributed by atoms with E-state index < -0.39 is 5.60 Å². The first kappa shape index (κ1) is 12.0. The minimum atomic E-state index is -0.897. The molecule has 0 aromatic heterocycles. The maximum absolute atomic E-state index is 11.7. The second-order valence-corrected chi connectivity index (χ2v) is 5.62. The third-order valence-corrected chi connectivity index (χ3v) is 3.07. The topological polar surface area (TPSA) is 40.5 Å². The van der Waals surface area contributed by atoms with E-state index in [1.807, 2.05) is 0 Å². The van der Waals surface area contributed by atoms with E-state index in [2.05, 4.69) is 28.7 Å². The molecule has 1 aliphatic rings. The van der Waals surface area contributed by atoms with Crippen LogP contribution in [0.15, 0.2) is 9.66 Å². The maximum atomic E-state index is 11.7. The minimum Gasteiger partial charge on any atom is -0.390 e. The Morgan fingerprint density at radius 1 is 1.71 bits per heavy atom. The summed E-state index contributed by atoms with van der Waals surface area (Å²) < 4.78 is 1.31. The van der Waals surface area contributed by atoms with Gasteiger partial charge in [0, 0.05) is 13.1 Å². The number of hydrogen-bond acceptors (Lipinski definition) is 2. The van der Waals surface area contributed by atoms with Crippen molar-refractivity contribution in [2.24, 2.45) is 0 Å². The van der Waals surface area contributed by atoms with Gasteiger partial charge in [-0.3, -0.25) is 4.79 Å². The highest BCUT2D eigenvalue weighted by molar-refractivity contribution is 14.1. The molecule has 80 valence electrons. The van der Waals surface area contributed by atoms with Crippen LogP contribution in [0.25, 0.3) is 0 Å². The van der Waals surface area contributed by atoms with E-state index in [4.69, 9.17) is 0 Å². The molecular formula is C10H16INO2. The quantitative estimate of drug-likeness (QED) is 0.789. The van der Waals surface area contributed by atoms with E-state index in [9.17, 15) is 9.90 Å². The number of carbonyl (C=O) groups excluding carboxylic acids is 1. The summed E-state index contributed by atoms with van der Waals surface area (Å²) in [7, 11) is 0. The largest absolute Gasteiger partial charge is 0.390 e. The summed E-state index contributed by atoms with van der Waals surface area (Å²) in [6, 6.07) is 0. The molecule has 4 heteroatoms. The first-order valence-corrected chi connectivity index (χ1v) is 5.81. The van der Waals surface area contributed by atoms with Crippen LogP contribution in [0.3, 0.4) is 0 Å². The minimum absolute atomic E-state index is 0.0395. The van der Waals surface area contributed by atoms with Gasteiger partial charge >= 0.3 is 0 Å². The monoisotopic (exact) mass is 309 g/mol. The zero-order valence-electron chi connectivity index (χ0n) is 8.59. The molecule has 0 fully saturated rings. The molecule has 0 unspecified atom stereocenters. The number of carbonyl (C=O) groups is 1. The molecule has 0 saturated carbocycles. The van der Waals surface area contributed by atoms with Crippen molar-refractivity contribution in [3.8, 4) is 0 Å². The average molecular weight is 309 g/mol. The van der Waals surface area contributed by atoms with Crippen LogP contribution < -0.4 is 0 Å². The lowest BCUT2D eigenvalue weighted by Crippen LogP contribution is -2.38. The van der Waals surface area contributed by atoms with Crippen LogP contribution in [-0.2, 0) is 4.79 Å². The SMILES string of the molecule is CC(C)(O)CC(=O)N1CC=C(I)CC1. The van der Waals surface area contributed by atoms with E-state index in [1.165, 1.54) is 3.58 Å². The Balaban J connectivity index is 2.47. The predicted molar refractivity (Wildman–Crippen MR) is 64.2 cm³/mol. The molecule has 0 saturated heterocycles.